The van der Waals surface area contributed by atoms with Gasteiger partial charge < -0.3 is 10.1 Å². The van der Waals surface area contributed by atoms with Crippen LogP contribution in [0.5, 0.6) is 0 Å². The van der Waals surface area contributed by atoms with Gasteiger partial charge in [0.15, 0.2) is 0 Å². The minimum absolute atomic E-state index is 0.284. The highest BCUT2D eigenvalue weighted by molar-refractivity contribution is 9.10. The number of nitrogens with one attached hydrogen (secondary N) is 1. The van der Waals surface area contributed by atoms with Crippen LogP contribution < -0.4 is 5.32 Å². The van der Waals surface area contributed by atoms with Crippen LogP contribution in [0.25, 0.3) is 0 Å². The van der Waals surface area contributed by atoms with Gasteiger partial charge >= 0.3 is 0 Å². The van der Waals surface area contributed by atoms with Gasteiger partial charge in [-0.1, -0.05) is 6.92 Å². The first kappa shape index (κ1) is 15.0. The van der Waals surface area contributed by atoms with E-state index in [4.69, 9.17) is 4.74 Å². The summed E-state index contributed by atoms with van der Waals surface area (Å²) in [6.07, 6.45) is 4.42. The smallest absolute Gasteiger partial charge is 0.0702 e. The topological polar surface area (TPSA) is 39.1 Å². The fourth-order valence-corrected chi connectivity index (χ4v) is 3.59. The SMILES string of the molecule is CCC1OCCC1C(NC)c1c(Br)cnn1C(C)C. The molecular formula is C14H24BrN3O. The molecule has 1 aliphatic rings. The lowest BCUT2D eigenvalue weighted by molar-refractivity contribution is 0.0770. The highest BCUT2D eigenvalue weighted by atomic mass is 79.9. The lowest BCUT2D eigenvalue weighted by atomic mass is 9.89. The molecule has 0 aliphatic carbocycles. The van der Waals surface area contributed by atoms with Crippen LogP contribution >= 0.6 is 15.9 Å². The molecule has 108 valence electrons. The Labute approximate surface area is 124 Å². The van der Waals surface area contributed by atoms with Gasteiger partial charge in [0.25, 0.3) is 0 Å². The monoisotopic (exact) mass is 329 g/mol. The molecule has 1 aromatic heterocycles. The van der Waals surface area contributed by atoms with Gasteiger partial charge in [0.2, 0.25) is 0 Å². The number of ether oxygens (including phenoxy) is 1. The van der Waals surface area contributed by atoms with E-state index in [-0.39, 0.29) is 6.04 Å². The standard InChI is InChI=1S/C14H24BrN3O/c1-5-12-10(6-7-19-12)13(16-4)14-11(15)8-17-18(14)9(2)3/h8-10,12-13,16H,5-7H2,1-4H3. The molecule has 0 amide bonds. The molecule has 0 spiro atoms. The van der Waals surface area contributed by atoms with Crippen molar-refractivity contribution in [1.82, 2.24) is 15.1 Å². The second-order valence-corrected chi connectivity index (χ2v) is 6.31. The third-order valence-corrected chi connectivity index (χ3v) is 4.58. The lowest BCUT2D eigenvalue weighted by Gasteiger charge is -2.28. The Morgan fingerprint density at radius 2 is 2.32 bits per heavy atom. The van der Waals surface area contributed by atoms with E-state index in [9.17, 15) is 0 Å². The molecule has 2 heterocycles. The molecule has 0 radical (unpaired) electrons. The predicted molar refractivity (Wildman–Crippen MR) is 80.3 cm³/mol. The summed E-state index contributed by atoms with van der Waals surface area (Å²) >= 11 is 3.65. The zero-order valence-electron chi connectivity index (χ0n) is 12.2. The third kappa shape index (κ3) is 2.88. The first-order valence-corrected chi connectivity index (χ1v) is 7.91. The third-order valence-electron chi connectivity index (χ3n) is 3.97. The maximum Gasteiger partial charge on any atom is 0.0702 e. The summed E-state index contributed by atoms with van der Waals surface area (Å²) in [6.45, 7) is 7.40. The van der Waals surface area contributed by atoms with E-state index < -0.39 is 0 Å². The van der Waals surface area contributed by atoms with Crippen LogP contribution in [0.2, 0.25) is 0 Å². The second-order valence-electron chi connectivity index (χ2n) is 5.45. The van der Waals surface area contributed by atoms with Crippen molar-refractivity contribution in [1.29, 1.82) is 0 Å². The molecule has 0 saturated carbocycles. The Hall–Kier alpha value is -0.390. The summed E-state index contributed by atoms with van der Waals surface area (Å²) in [7, 11) is 2.03. The van der Waals surface area contributed by atoms with E-state index in [0.29, 0.717) is 18.1 Å². The fraction of sp³-hybridized carbons (Fsp3) is 0.786. The average Bonchev–Trinajstić information content (AvgIpc) is 2.98. The Balaban J connectivity index is 2.34. The van der Waals surface area contributed by atoms with Gasteiger partial charge in [-0.25, -0.2) is 0 Å². The molecular weight excluding hydrogens is 306 g/mol. The highest BCUT2D eigenvalue weighted by Gasteiger charge is 2.36. The quantitative estimate of drug-likeness (QED) is 0.900. The van der Waals surface area contributed by atoms with E-state index in [1.807, 2.05) is 13.2 Å². The zero-order chi connectivity index (χ0) is 14.0. The summed E-state index contributed by atoms with van der Waals surface area (Å²) in [5.41, 5.74) is 1.24. The van der Waals surface area contributed by atoms with Crippen molar-refractivity contribution in [3.63, 3.8) is 0 Å². The first-order valence-electron chi connectivity index (χ1n) is 7.11. The Kier molecular flexibility index (Phi) is 5.03. The number of hydrogen-bond donors (Lipinski definition) is 1. The van der Waals surface area contributed by atoms with Crippen molar-refractivity contribution in [2.75, 3.05) is 13.7 Å². The van der Waals surface area contributed by atoms with E-state index in [1.54, 1.807) is 0 Å². The van der Waals surface area contributed by atoms with Gasteiger partial charge in [-0.15, -0.1) is 0 Å². The van der Waals surface area contributed by atoms with E-state index in [0.717, 1.165) is 23.9 Å². The zero-order valence-corrected chi connectivity index (χ0v) is 13.8. The Morgan fingerprint density at radius 3 is 2.89 bits per heavy atom. The van der Waals surface area contributed by atoms with Crippen molar-refractivity contribution >= 4 is 15.9 Å². The first-order chi connectivity index (χ1) is 9.10. The van der Waals surface area contributed by atoms with Gasteiger partial charge in [-0.05, 0) is 49.7 Å². The fourth-order valence-electron chi connectivity index (χ4n) is 3.07. The molecule has 0 bridgehead atoms. The minimum Gasteiger partial charge on any atom is -0.378 e. The molecule has 19 heavy (non-hydrogen) atoms. The van der Waals surface area contributed by atoms with Crippen LogP contribution in [0.3, 0.4) is 0 Å². The molecule has 1 saturated heterocycles. The van der Waals surface area contributed by atoms with Crippen LogP contribution in [0.4, 0.5) is 0 Å². The molecule has 5 heteroatoms. The largest absolute Gasteiger partial charge is 0.378 e. The minimum atomic E-state index is 0.284. The van der Waals surface area contributed by atoms with Crippen molar-refractivity contribution in [3.8, 4) is 0 Å². The summed E-state index contributed by atoms with van der Waals surface area (Å²) in [4.78, 5) is 0. The number of nitrogens with zero attached hydrogens (tertiary/aromatic N) is 2. The van der Waals surface area contributed by atoms with Crippen molar-refractivity contribution in [3.05, 3.63) is 16.4 Å². The number of halogens is 1. The van der Waals surface area contributed by atoms with Crippen LogP contribution in [-0.2, 0) is 4.74 Å². The summed E-state index contributed by atoms with van der Waals surface area (Å²) < 4.78 is 9.04. The highest BCUT2D eigenvalue weighted by Crippen LogP contribution is 2.38. The van der Waals surface area contributed by atoms with E-state index in [1.165, 1.54) is 5.69 Å². The normalized spacial score (nSPS) is 25.2. The van der Waals surface area contributed by atoms with Gasteiger partial charge in [0.1, 0.15) is 0 Å². The molecule has 2 rings (SSSR count). The Morgan fingerprint density at radius 1 is 1.58 bits per heavy atom. The van der Waals surface area contributed by atoms with Crippen LogP contribution in [-0.4, -0.2) is 29.5 Å². The van der Waals surface area contributed by atoms with Crippen LogP contribution in [0.1, 0.15) is 51.4 Å². The molecule has 1 N–H and O–H groups in total. The summed E-state index contributed by atoms with van der Waals surface area (Å²) in [5.74, 6) is 0.514. The lowest BCUT2D eigenvalue weighted by Crippen LogP contribution is -2.33. The predicted octanol–water partition coefficient (Wildman–Crippen LogP) is 3.30. The van der Waals surface area contributed by atoms with E-state index >= 15 is 0 Å². The molecule has 3 atom stereocenters. The molecule has 1 fully saturated rings. The number of aromatic nitrogens is 2. The second kappa shape index (κ2) is 6.37. The average molecular weight is 330 g/mol. The van der Waals surface area contributed by atoms with Crippen LogP contribution in [0.15, 0.2) is 10.7 Å². The number of hydrogen-bond acceptors (Lipinski definition) is 3. The molecule has 1 aliphatic heterocycles. The van der Waals surface area contributed by atoms with Gasteiger partial charge in [0.05, 0.1) is 28.5 Å². The summed E-state index contributed by atoms with van der Waals surface area (Å²) in [5, 5.41) is 7.97. The van der Waals surface area contributed by atoms with Crippen molar-refractivity contribution in [2.45, 2.75) is 51.8 Å². The maximum atomic E-state index is 5.85. The van der Waals surface area contributed by atoms with Crippen molar-refractivity contribution < 1.29 is 4.74 Å². The summed E-state index contributed by atoms with van der Waals surface area (Å²) in [6, 6.07) is 0.645. The van der Waals surface area contributed by atoms with Gasteiger partial charge in [-0.2, -0.15) is 5.10 Å². The van der Waals surface area contributed by atoms with Crippen molar-refractivity contribution in [2.24, 2.45) is 5.92 Å². The molecule has 4 nitrogen and oxygen atoms in total. The molecule has 0 aromatic carbocycles. The van der Waals surface area contributed by atoms with Gasteiger partial charge in [0, 0.05) is 18.6 Å². The van der Waals surface area contributed by atoms with Gasteiger partial charge in [-0.3, -0.25) is 4.68 Å². The molecule has 1 aromatic rings. The Bertz CT molecular complexity index is 419. The van der Waals surface area contributed by atoms with E-state index in [2.05, 4.69) is 51.8 Å². The number of rotatable bonds is 5. The maximum absolute atomic E-state index is 5.85. The van der Waals surface area contributed by atoms with Crippen LogP contribution in [0, 0.1) is 5.92 Å². The molecule has 3 unspecified atom stereocenters.